The molecule has 0 heterocycles. The summed E-state index contributed by atoms with van der Waals surface area (Å²) in [4.78, 5) is 10.6. The molecule has 0 aliphatic rings. The third kappa shape index (κ3) is 4.18. The van der Waals surface area contributed by atoms with Crippen molar-refractivity contribution in [2.24, 2.45) is 0 Å². The van der Waals surface area contributed by atoms with Crippen molar-refractivity contribution in [2.45, 2.75) is 12.8 Å². The van der Waals surface area contributed by atoms with Gasteiger partial charge in [0.05, 0.1) is 6.42 Å². The van der Waals surface area contributed by atoms with Crippen LogP contribution in [-0.4, -0.2) is 17.4 Å². The predicted octanol–water partition coefficient (Wildman–Crippen LogP) is 4.16. The van der Waals surface area contributed by atoms with Crippen molar-refractivity contribution in [1.82, 2.24) is 0 Å². The van der Waals surface area contributed by atoms with Crippen LogP contribution in [0.25, 0.3) is 11.1 Å². The van der Waals surface area contributed by atoms with Crippen LogP contribution < -0.4 is 4.74 Å². The minimum absolute atomic E-state index is 0.303. The second kappa shape index (κ2) is 6.23. The average molecular weight is 332 g/mol. The summed E-state index contributed by atoms with van der Waals surface area (Å²) in [7, 11) is 0. The Balaban J connectivity index is 2.51. The van der Waals surface area contributed by atoms with Gasteiger partial charge in [0.2, 0.25) is 0 Å². The zero-order valence-electron chi connectivity index (χ0n) is 11.3. The Bertz CT molecular complexity index is 740. The molecule has 0 amide bonds. The van der Waals surface area contributed by atoms with Gasteiger partial charge in [-0.15, -0.1) is 13.2 Å². The monoisotopic (exact) mass is 332 g/mol. The van der Waals surface area contributed by atoms with Crippen molar-refractivity contribution >= 4 is 5.97 Å². The predicted molar refractivity (Wildman–Crippen MR) is 69.8 cm³/mol. The second-order valence-electron chi connectivity index (χ2n) is 4.54. The second-order valence-corrected chi connectivity index (χ2v) is 4.54. The fraction of sp³-hybridized carbons (Fsp3) is 0.133. The summed E-state index contributed by atoms with van der Waals surface area (Å²) in [6.45, 7) is 0. The molecule has 0 saturated heterocycles. The van der Waals surface area contributed by atoms with E-state index in [1.165, 1.54) is 12.1 Å². The summed E-state index contributed by atoms with van der Waals surface area (Å²) < 4.78 is 68.8. The number of carboxylic acid groups (broad SMARTS) is 1. The topological polar surface area (TPSA) is 46.5 Å². The van der Waals surface area contributed by atoms with E-state index in [-0.39, 0.29) is 5.56 Å². The Morgan fingerprint density at radius 1 is 1.04 bits per heavy atom. The van der Waals surface area contributed by atoms with E-state index >= 15 is 0 Å². The lowest BCUT2D eigenvalue weighted by Gasteiger charge is -2.14. The first kappa shape index (κ1) is 16.7. The van der Waals surface area contributed by atoms with Gasteiger partial charge in [-0.25, -0.2) is 8.78 Å². The van der Waals surface area contributed by atoms with Gasteiger partial charge in [-0.05, 0) is 18.2 Å². The van der Waals surface area contributed by atoms with Gasteiger partial charge in [-0.3, -0.25) is 4.79 Å². The number of hydrogen-bond acceptors (Lipinski definition) is 2. The summed E-state index contributed by atoms with van der Waals surface area (Å²) in [6.07, 6.45) is -5.74. The van der Waals surface area contributed by atoms with Crippen LogP contribution in [0.1, 0.15) is 5.56 Å². The molecule has 0 radical (unpaired) electrons. The quantitative estimate of drug-likeness (QED) is 0.855. The maximum Gasteiger partial charge on any atom is 0.573 e. The molecular formula is C15H9F5O3. The summed E-state index contributed by atoms with van der Waals surface area (Å²) in [6, 6.07) is 5.97. The molecule has 0 fully saturated rings. The molecule has 122 valence electrons. The third-order valence-corrected chi connectivity index (χ3v) is 2.88. The maximum atomic E-state index is 14.1. The van der Waals surface area contributed by atoms with Crippen molar-refractivity contribution < 1.29 is 36.6 Å². The van der Waals surface area contributed by atoms with Crippen molar-refractivity contribution in [3.8, 4) is 16.9 Å². The number of para-hydroxylation sites is 1. The SMILES string of the molecule is O=C(O)Cc1cc(F)c(-c2ccccc2OC(F)(F)F)cc1F. The van der Waals surface area contributed by atoms with Gasteiger partial charge in [0.1, 0.15) is 17.4 Å². The summed E-state index contributed by atoms with van der Waals surface area (Å²) >= 11 is 0. The van der Waals surface area contributed by atoms with E-state index in [4.69, 9.17) is 5.11 Å². The zero-order valence-corrected chi connectivity index (χ0v) is 11.3. The zero-order chi connectivity index (χ0) is 17.2. The number of ether oxygens (including phenoxy) is 1. The molecular weight excluding hydrogens is 323 g/mol. The number of carboxylic acids is 1. The van der Waals surface area contributed by atoms with Crippen LogP contribution in [0.15, 0.2) is 36.4 Å². The van der Waals surface area contributed by atoms with Crippen LogP contribution in [-0.2, 0) is 11.2 Å². The highest BCUT2D eigenvalue weighted by atomic mass is 19.4. The van der Waals surface area contributed by atoms with Gasteiger partial charge in [0, 0.05) is 16.7 Å². The first-order chi connectivity index (χ1) is 10.7. The lowest BCUT2D eigenvalue weighted by atomic mass is 10.0. The van der Waals surface area contributed by atoms with E-state index in [1.807, 2.05) is 0 Å². The van der Waals surface area contributed by atoms with E-state index in [2.05, 4.69) is 4.74 Å². The van der Waals surface area contributed by atoms with Crippen LogP contribution in [0.4, 0.5) is 22.0 Å². The molecule has 0 bridgehead atoms. The Morgan fingerprint density at radius 2 is 1.70 bits per heavy atom. The third-order valence-electron chi connectivity index (χ3n) is 2.88. The molecule has 0 aliphatic heterocycles. The Kier molecular flexibility index (Phi) is 4.53. The largest absolute Gasteiger partial charge is 0.573 e. The summed E-state index contributed by atoms with van der Waals surface area (Å²) in [5.74, 6) is -4.15. The molecule has 1 N–H and O–H groups in total. The molecule has 0 aliphatic carbocycles. The minimum Gasteiger partial charge on any atom is -0.481 e. The summed E-state index contributed by atoms with van der Waals surface area (Å²) in [5.41, 5.74) is -1.17. The lowest BCUT2D eigenvalue weighted by Crippen LogP contribution is -2.17. The highest BCUT2D eigenvalue weighted by molar-refractivity contribution is 5.73. The number of carbonyl (C=O) groups is 1. The number of hydrogen-bond donors (Lipinski definition) is 1. The highest BCUT2D eigenvalue weighted by Gasteiger charge is 2.32. The fourth-order valence-corrected chi connectivity index (χ4v) is 2.00. The molecule has 2 aromatic rings. The van der Waals surface area contributed by atoms with Gasteiger partial charge in [-0.2, -0.15) is 0 Å². The molecule has 8 heteroatoms. The van der Waals surface area contributed by atoms with Crippen LogP contribution in [0.3, 0.4) is 0 Å². The standard InChI is InChI=1S/C15H9F5O3/c16-11-7-10(12(17)5-8(11)6-14(21)22)9-3-1-2-4-13(9)23-15(18,19)20/h1-5,7H,6H2,(H,21,22). The van der Waals surface area contributed by atoms with Gasteiger partial charge < -0.3 is 9.84 Å². The first-order valence-electron chi connectivity index (χ1n) is 6.22. The Labute approximate surface area is 126 Å². The fourth-order valence-electron chi connectivity index (χ4n) is 2.00. The van der Waals surface area contributed by atoms with Gasteiger partial charge in [0.15, 0.2) is 0 Å². The number of benzene rings is 2. The van der Waals surface area contributed by atoms with E-state index in [1.54, 1.807) is 0 Å². The molecule has 3 nitrogen and oxygen atoms in total. The molecule has 0 aromatic heterocycles. The lowest BCUT2D eigenvalue weighted by molar-refractivity contribution is -0.274. The number of aliphatic carboxylic acids is 1. The maximum absolute atomic E-state index is 14.1. The number of rotatable bonds is 4. The molecule has 0 spiro atoms. The van der Waals surface area contributed by atoms with Crippen LogP contribution >= 0.6 is 0 Å². The van der Waals surface area contributed by atoms with Crippen LogP contribution in [0, 0.1) is 11.6 Å². The minimum atomic E-state index is -4.99. The van der Waals surface area contributed by atoms with E-state index < -0.39 is 47.3 Å². The van der Waals surface area contributed by atoms with E-state index in [9.17, 15) is 26.7 Å². The molecule has 0 saturated carbocycles. The van der Waals surface area contributed by atoms with Crippen LogP contribution in [0.5, 0.6) is 5.75 Å². The van der Waals surface area contributed by atoms with E-state index in [0.29, 0.717) is 12.1 Å². The van der Waals surface area contributed by atoms with Crippen molar-refractivity contribution in [3.63, 3.8) is 0 Å². The normalized spacial score (nSPS) is 11.3. The van der Waals surface area contributed by atoms with Gasteiger partial charge in [-0.1, -0.05) is 18.2 Å². The Morgan fingerprint density at radius 3 is 2.30 bits per heavy atom. The van der Waals surface area contributed by atoms with Gasteiger partial charge in [0.25, 0.3) is 0 Å². The van der Waals surface area contributed by atoms with Crippen molar-refractivity contribution in [3.05, 3.63) is 53.6 Å². The van der Waals surface area contributed by atoms with E-state index in [0.717, 1.165) is 12.1 Å². The highest BCUT2D eigenvalue weighted by Crippen LogP contribution is 2.35. The molecule has 0 unspecified atom stereocenters. The molecule has 2 aromatic carbocycles. The number of alkyl halides is 3. The Hall–Kier alpha value is -2.64. The molecule has 0 atom stereocenters. The number of halogens is 5. The van der Waals surface area contributed by atoms with Gasteiger partial charge >= 0.3 is 12.3 Å². The first-order valence-corrected chi connectivity index (χ1v) is 6.22. The molecule has 2 rings (SSSR count). The van der Waals surface area contributed by atoms with Crippen molar-refractivity contribution in [1.29, 1.82) is 0 Å². The summed E-state index contributed by atoms with van der Waals surface area (Å²) in [5, 5.41) is 8.61. The van der Waals surface area contributed by atoms with Crippen molar-refractivity contribution in [2.75, 3.05) is 0 Å². The molecule has 23 heavy (non-hydrogen) atoms. The average Bonchev–Trinajstić information content (AvgIpc) is 2.41. The smallest absolute Gasteiger partial charge is 0.481 e. The van der Waals surface area contributed by atoms with Crippen LogP contribution in [0.2, 0.25) is 0 Å².